The van der Waals surface area contributed by atoms with Crippen LogP contribution in [-0.2, 0) is 6.42 Å². The van der Waals surface area contributed by atoms with Crippen molar-refractivity contribution in [3.05, 3.63) is 23.9 Å². The van der Waals surface area contributed by atoms with Gasteiger partial charge in [0.2, 0.25) is 0 Å². The molecular formula is C11H19N3. The Balaban J connectivity index is 2.94. The van der Waals surface area contributed by atoms with Crippen LogP contribution in [-0.4, -0.2) is 24.6 Å². The van der Waals surface area contributed by atoms with Gasteiger partial charge in [0, 0.05) is 19.3 Å². The molecule has 0 fully saturated rings. The van der Waals surface area contributed by atoms with Crippen LogP contribution in [0.4, 0.5) is 5.82 Å². The van der Waals surface area contributed by atoms with E-state index in [0.717, 1.165) is 12.2 Å². The van der Waals surface area contributed by atoms with E-state index in [1.807, 2.05) is 12.3 Å². The molecular weight excluding hydrogens is 174 g/mol. The molecule has 2 N–H and O–H groups in total. The van der Waals surface area contributed by atoms with Crippen LogP contribution >= 0.6 is 0 Å². The molecule has 0 bridgehead atoms. The van der Waals surface area contributed by atoms with Crippen LogP contribution in [0.2, 0.25) is 0 Å². The minimum absolute atomic E-state index is 0.460. The number of nitrogens with two attached hydrogens (primary N) is 1. The second-order valence-corrected chi connectivity index (χ2v) is 3.73. The molecule has 3 nitrogen and oxygen atoms in total. The van der Waals surface area contributed by atoms with Crippen molar-refractivity contribution < 1.29 is 0 Å². The Hall–Kier alpha value is -1.09. The van der Waals surface area contributed by atoms with Crippen LogP contribution in [0.15, 0.2) is 18.3 Å². The lowest BCUT2D eigenvalue weighted by atomic mass is 10.1. The van der Waals surface area contributed by atoms with E-state index in [4.69, 9.17) is 5.73 Å². The third kappa shape index (κ3) is 2.45. The Kier molecular flexibility index (Phi) is 3.89. The molecule has 0 amide bonds. The number of nitrogens with zero attached hydrogens (tertiary/aromatic N) is 2. The summed E-state index contributed by atoms with van der Waals surface area (Å²) in [7, 11) is 2.06. The fourth-order valence-corrected chi connectivity index (χ4v) is 1.34. The van der Waals surface area contributed by atoms with Crippen LogP contribution in [0, 0.1) is 0 Å². The van der Waals surface area contributed by atoms with Gasteiger partial charge >= 0.3 is 0 Å². The highest BCUT2D eigenvalue weighted by Gasteiger charge is 2.10. The van der Waals surface area contributed by atoms with Gasteiger partial charge in [-0.3, -0.25) is 0 Å². The number of hydrogen-bond acceptors (Lipinski definition) is 3. The lowest BCUT2D eigenvalue weighted by molar-refractivity contribution is 0.736. The first-order valence-electron chi connectivity index (χ1n) is 5.03. The fourth-order valence-electron chi connectivity index (χ4n) is 1.34. The largest absolute Gasteiger partial charge is 0.357 e. The van der Waals surface area contributed by atoms with Crippen LogP contribution in [0.3, 0.4) is 0 Å². The van der Waals surface area contributed by atoms with E-state index in [0.29, 0.717) is 12.6 Å². The Morgan fingerprint density at radius 3 is 2.79 bits per heavy atom. The number of hydrogen-bond donors (Lipinski definition) is 1. The summed E-state index contributed by atoms with van der Waals surface area (Å²) in [5.41, 5.74) is 6.79. The van der Waals surface area contributed by atoms with Crippen LogP contribution in [0.1, 0.15) is 19.4 Å². The van der Waals surface area contributed by atoms with E-state index in [1.165, 1.54) is 5.56 Å². The summed E-state index contributed by atoms with van der Waals surface area (Å²) in [6.45, 7) is 4.98. The van der Waals surface area contributed by atoms with Gasteiger partial charge in [0.15, 0.2) is 0 Å². The smallest absolute Gasteiger partial charge is 0.131 e. The predicted octanol–water partition coefficient (Wildman–Crippen LogP) is 1.43. The Bertz CT molecular complexity index is 284. The molecule has 78 valence electrons. The van der Waals surface area contributed by atoms with Crippen molar-refractivity contribution in [1.29, 1.82) is 0 Å². The standard InChI is InChI=1S/C11H19N3/c1-9(2)14(3)11-10(6-7-12)5-4-8-13-11/h4-5,8-9H,6-7,12H2,1-3H3. The lowest BCUT2D eigenvalue weighted by Crippen LogP contribution is -2.28. The van der Waals surface area contributed by atoms with Crippen molar-refractivity contribution in [2.24, 2.45) is 5.73 Å². The molecule has 1 aromatic rings. The van der Waals surface area contributed by atoms with Gasteiger partial charge in [-0.05, 0) is 38.4 Å². The first kappa shape index (κ1) is 11.0. The van der Waals surface area contributed by atoms with E-state index in [9.17, 15) is 0 Å². The molecule has 1 aromatic heterocycles. The Morgan fingerprint density at radius 2 is 2.21 bits per heavy atom. The van der Waals surface area contributed by atoms with Crippen molar-refractivity contribution in [2.75, 3.05) is 18.5 Å². The Morgan fingerprint density at radius 1 is 1.50 bits per heavy atom. The molecule has 0 aromatic carbocycles. The van der Waals surface area contributed by atoms with Crippen molar-refractivity contribution in [3.8, 4) is 0 Å². The predicted molar refractivity (Wildman–Crippen MR) is 60.5 cm³/mol. The molecule has 1 rings (SSSR count). The zero-order valence-corrected chi connectivity index (χ0v) is 9.20. The van der Waals surface area contributed by atoms with E-state index in [2.05, 4.69) is 36.8 Å². The Labute approximate surface area is 85.9 Å². The van der Waals surface area contributed by atoms with Crippen molar-refractivity contribution in [1.82, 2.24) is 4.98 Å². The third-order valence-corrected chi connectivity index (χ3v) is 2.39. The second kappa shape index (κ2) is 4.96. The minimum Gasteiger partial charge on any atom is -0.357 e. The molecule has 3 heteroatoms. The van der Waals surface area contributed by atoms with Gasteiger partial charge in [-0.15, -0.1) is 0 Å². The highest BCUT2D eigenvalue weighted by Crippen LogP contribution is 2.17. The van der Waals surface area contributed by atoms with Gasteiger partial charge in [-0.2, -0.15) is 0 Å². The summed E-state index contributed by atoms with van der Waals surface area (Å²) < 4.78 is 0. The summed E-state index contributed by atoms with van der Waals surface area (Å²) in [4.78, 5) is 6.56. The maximum absolute atomic E-state index is 5.56. The number of anilines is 1. The molecule has 14 heavy (non-hydrogen) atoms. The van der Waals surface area contributed by atoms with E-state index in [1.54, 1.807) is 0 Å². The summed E-state index contributed by atoms with van der Waals surface area (Å²) in [5, 5.41) is 0. The first-order chi connectivity index (χ1) is 6.66. The van der Waals surface area contributed by atoms with Crippen molar-refractivity contribution in [3.63, 3.8) is 0 Å². The fraction of sp³-hybridized carbons (Fsp3) is 0.545. The van der Waals surface area contributed by atoms with Gasteiger partial charge in [-0.1, -0.05) is 6.07 Å². The van der Waals surface area contributed by atoms with E-state index < -0.39 is 0 Å². The average molecular weight is 193 g/mol. The summed E-state index contributed by atoms with van der Waals surface area (Å²) in [6, 6.07) is 4.51. The highest BCUT2D eigenvalue weighted by atomic mass is 15.2. The van der Waals surface area contributed by atoms with E-state index in [-0.39, 0.29) is 0 Å². The topological polar surface area (TPSA) is 42.2 Å². The molecule has 0 unspecified atom stereocenters. The monoisotopic (exact) mass is 193 g/mol. The highest BCUT2D eigenvalue weighted by molar-refractivity contribution is 5.46. The second-order valence-electron chi connectivity index (χ2n) is 3.73. The van der Waals surface area contributed by atoms with Crippen LogP contribution in [0.25, 0.3) is 0 Å². The molecule has 0 spiro atoms. The molecule has 0 aliphatic heterocycles. The van der Waals surface area contributed by atoms with Crippen molar-refractivity contribution >= 4 is 5.82 Å². The SMILES string of the molecule is CC(C)N(C)c1ncccc1CCN. The van der Waals surface area contributed by atoms with Crippen LogP contribution < -0.4 is 10.6 Å². The molecule has 0 saturated carbocycles. The zero-order chi connectivity index (χ0) is 10.6. The normalized spacial score (nSPS) is 10.6. The molecule has 0 atom stereocenters. The van der Waals surface area contributed by atoms with Gasteiger partial charge in [0.25, 0.3) is 0 Å². The lowest BCUT2D eigenvalue weighted by Gasteiger charge is -2.24. The molecule has 1 heterocycles. The van der Waals surface area contributed by atoms with Crippen LogP contribution in [0.5, 0.6) is 0 Å². The molecule has 0 aliphatic rings. The number of aromatic nitrogens is 1. The quantitative estimate of drug-likeness (QED) is 0.786. The summed E-state index contributed by atoms with van der Waals surface area (Å²) >= 11 is 0. The van der Waals surface area contributed by atoms with Gasteiger partial charge in [0.05, 0.1) is 0 Å². The minimum atomic E-state index is 0.460. The molecule has 0 radical (unpaired) electrons. The number of rotatable bonds is 4. The first-order valence-corrected chi connectivity index (χ1v) is 5.03. The van der Waals surface area contributed by atoms with Gasteiger partial charge in [0.1, 0.15) is 5.82 Å². The maximum Gasteiger partial charge on any atom is 0.131 e. The number of pyridine rings is 1. The van der Waals surface area contributed by atoms with Gasteiger partial charge in [-0.25, -0.2) is 4.98 Å². The zero-order valence-electron chi connectivity index (χ0n) is 9.20. The van der Waals surface area contributed by atoms with Crippen molar-refractivity contribution in [2.45, 2.75) is 26.3 Å². The average Bonchev–Trinajstić information content (AvgIpc) is 2.18. The van der Waals surface area contributed by atoms with E-state index >= 15 is 0 Å². The molecule has 0 aliphatic carbocycles. The third-order valence-electron chi connectivity index (χ3n) is 2.39. The molecule has 0 saturated heterocycles. The summed E-state index contributed by atoms with van der Waals surface area (Å²) in [6.07, 6.45) is 2.72. The summed E-state index contributed by atoms with van der Waals surface area (Å²) in [5.74, 6) is 1.05. The van der Waals surface area contributed by atoms with Gasteiger partial charge < -0.3 is 10.6 Å². The maximum atomic E-state index is 5.56.